The van der Waals surface area contributed by atoms with E-state index in [1.165, 1.54) is 4.90 Å². The number of aryl methyl sites for hydroxylation is 1. The lowest BCUT2D eigenvalue weighted by atomic mass is 9.81. The highest BCUT2D eigenvalue weighted by atomic mass is 16.3. The van der Waals surface area contributed by atoms with Crippen molar-refractivity contribution < 1.29 is 14.0 Å². The van der Waals surface area contributed by atoms with Gasteiger partial charge in [0.15, 0.2) is 5.58 Å². The first-order chi connectivity index (χ1) is 13.1. The Morgan fingerprint density at radius 2 is 1.74 bits per heavy atom. The number of hydrogen-bond acceptors (Lipinski definition) is 4. The lowest BCUT2D eigenvalue weighted by Crippen LogP contribution is -2.30. The minimum absolute atomic E-state index is 0.0601. The highest BCUT2D eigenvalue weighted by Gasteiger charge is 2.48. The van der Waals surface area contributed by atoms with Gasteiger partial charge in [0, 0.05) is 5.56 Å². The Labute approximate surface area is 157 Å². The fourth-order valence-electron chi connectivity index (χ4n) is 4.36. The van der Waals surface area contributed by atoms with Crippen LogP contribution >= 0.6 is 0 Å². The van der Waals surface area contributed by atoms with Gasteiger partial charge in [0.25, 0.3) is 0 Å². The van der Waals surface area contributed by atoms with E-state index in [2.05, 4.69) is 4.98 Å². The van der Waals surface area contributed by atoms with Crippen molar-refractivity contribution in [1.29, 1.82) is 0 Å². The summed E-state index contributed by atoms with van der Waals surface area (Å²) in [5.41, 5.74) is 4.01. The molecule has 2 fully saturated rings. The zero-order chi connectivity index (χ0) is 18.5. The van der Waals surface area contributed by atoms with E-state index < -0.39 is 0 Å². The number of carbonyl (C=O) groups is 2. The molecule has 2 atom stereocenters. The molecule has 2 aromatic carbocycles. The monoisotopic (exact) mass is 360 g/mol. The average Bonchev–Trinajstić information content (AvgIpc) is 3.21. The van der Waals surface area contributed by atoms with E-state index in [-0.39, 0.29) is 23.7 Å². The van der Waals surface area contributed by atoms with Gasteiger partial charge in [-0.25, -0.2) is 4.98 Å². The van der Waals surface area contributed by atoms with Gasteiger partial charge < -0.3 is 4.42 Å². The van der Waals surface area contributed by atoms with Crippen LogP contribution in [0.15, 0.2) is 46.9 Å². The Hall–Kier alpha value is -2.95. The lowest BCUT2D eigenvalue weighted by Gasteiger charge is -2.19. The third-order valence-corrected chi connectivity index (χ3v) is 5.74. The third-order valence-electron chi connectivity index (χ3n) is 5.74. The van der Waals surface area contributed by atoms with Crippen LogP contribution in [-0.4, -0.2) is 16.8 Å². The molecule has 0 N–H and O–H groups in total. The summed E-state index contributed by atoms with van der Waals surface area (Å²) in [5.74, 6) is 0.0726. The maximum absolute atomic E-state index is 12.8. The van der Waals surface area contributed by atoms with Gasteiger partial charge in [-0.05, 0) is 55.7 Å². The lowest BCUT2D eigenvalue weighted by molar-refractivity contribution is -0.122. The van der Waals surface area contributed by atoms with E-state index in [1.54, 1.807) is 0 Å². The van der Waals surface area contributed by atoms with Gasteiger partial charge in [-0.3, -0.25) is 14.5 Å². The van der Waals surface area contributed by atoms with E-state index in [9.17, 15) is 9.59 Å². The number of carbonyl (C=O) groups excluding carboxylic acids is 2. The van der Waals surface area contributed by atoms with Crippen LogP contribution in [0.3, 0.4) is 0 Å². The molecule has 1 aliphatic heterocycles. The largest absolute Gasteiger partial charge is 0.436 e. The number of imide groups is 1. The molecule has 1 saturated carbocycles. The summed E-state index contributed by atoms with van der Waals surface area (Å²) in [6.45, 7) is 2.01. The highest BCUT2D eigenvalue weighted by Crippen LogP contribution is 2.40. The highest BCUT2D eigenvalue weighted by molar-refractivity contribution is 6.22. The molecule has 2 aliphatic rings. The molecule has 1 saturated heterocycles. The van der Waals surface area contributed by atoms with Crippen LogP contribution < -0.4 is 4.90 Å². The van der Waals surface area contributed by atoms with Crippen LogP contribution in [0.4, 0.5) is 5.69 Å². The minimum atomic E-state index is -0.151. The van der Waals surface area contributed by atoms with E-state index >= 15 is 0 Å². The van der Waals surface area contributed by atoms with Crippen LogP contribution in [0, 0.1) is 18.8 Å². The Kier molecular flexibility index (Phi) is 3.64. The fraction of sp³-hybridized carbons (Fsp3) is 0.318. The summed E-state index contributed by atoms with van der Waals surface area (Å²) < 4.78 is 5.88. The second-order valence-corrected chi connectivity index (χ2v) is 7.55. The van der Waals surface area contributed by atoms with Crippen molar-refractivity contribution in [3.8, 4) is 11.5 Å². The topological polar surface area (TPSA) is 63.4 Å². The number of anilines is 1. The summed E-state index contributed by atoms with van der Waals surface area (Å²) in [4.78, 5) is 31.6. The van der Waals surface area contributed by atoms with Crippen molar-refractivity contribution in [3.05, 3.63) is 48.0 Å². The predicted molar refractivity (Wildman–Crippen MR) is 102 cm³/mol. The van der Waals surface area contributed by atoms with Crippen molar-refractivity contribution in [2.24, 2.45) is 11.8 Å². The molecule has 2 amide bonds. The van der Waals surface area contributed by atoms with Gasteiger partial charge in [-0.1, -0.05) is 25.0 Å². The number of aromatic nitrogens is 1. The first-order valence-electron chi connectivity index (χ1n) is 9.47. The SMILES string of the molecule is Cc1ccc2oc(-c3cccc(N4C(=O)C5CCCCC5C4=O)c3)nc2c1. The summed E-state index contributed by atoms with van der Waals surface area (Å²) in [6.07, 6.45) is 3.68. The maximum Gasteiger partial charge on any atom is 0.237 e. The molecule has 1 aromatic heterocycles. The molecule has 0 bridgehead atoms. The summed E-state index contributed by atoms with van der Waals surface area (Å²) in [5, 5.41) is 0. The number of oxazole rings is 1. The molecule has 136 valence electrons. The standard InChI is InChI=1S/C22H20N2O3/c1-13-9-10-19-18(11-13)23-20(27-19)14-5-4-6-15(12-14)24-21(25)16-7-2-3-8-17(16)22(24)26/h4-6,9-12,16-17H,2-3,7-8H2,1H3. The van der Waals surface area contributed by atoms with Crippen LogP contribution in [0.25, 0.3) is 22.6 Å². The quantitative estimate of drug-likeness (QED) is 0.632. The second kappa shape index (κ2) is 6.05. The number of hydrogen-bond donors (Lipinski definition) is 0. The summed E-state index contributed by atoms with van der Waals surface area (Å²) >= 11 is 0. The van der Waals surface area contributed by atoms with Crippen molar-refractivity contribution in [3.63, 3.8) is 0 Å². The molecule has 2 heterocycles. The molecular formula is C22H20N2O3. The molecule has 2 unspecified atom stereocenters. The second-order valence-electron chi connectivity index (χ2n) is 7.55. The zero-order valence-electron chi connectivity index (χ0n) is 15.1. The van der Waals surface area contributed by atoms with Crippen molar-refractivity contribution in [2.45, 2.75) is 32.6 Å². The van der Waals surface area contributed by atoms with Gasteiger partial charge in [-0.2, -0.15) is 0 Å². The fourth-order valence-corrected chi connectivity index (χ4v) is 4.36. The predicted octanol–water partition coefficient (Wildman–Crippen LogP) is 4.48. The van der Waals surface area contributed by atoms with Gasteiger partial charge >= 0.3 is 0 Å². The molecule has 5 heteroatoms. The number of benzene rings is 2. The maximum atomic E-state index is 12.8. The first-order valence-corrected chi connectivity index (χ1v) is 9.47. The Morgan fingerprint density at radius 1 is 1.00 bits per heavy atom. The molecule has 0 radical (unpaired) electrons. The zero-order valence-corrected chi connectivity index (χ0v) is 15.1. The van der Waals surface area contributed by atoms with E-state index in [4.69, 9.17) is 4.42 Å². The van der Waals surface area contributed by atoms with E-state index in [0.29, 0.717) is 11.6 Å². The average molecular weight is 360 g/mol. The molecule has 5 nitrogen and oxygen atoms in total. The molecule has 5 rings (SSSR count). The van der Waals surface area contributed by atoms with Crippen molar-refractivity contribution in [2.75, 3.05) is 4.90 Å². The van der Waals surface area contributed by atoms with Gasteiger partial charge in [0.1, 0.15) is 5.52 Å². The van der Waals surface area contributed by atoms with Crippen molar-refractivity contribution >= 4 is 28.6 Å². The van der Waals surface area contributed by atoms with Crippen LogP contribution in [-0.2, 0) is 9.59 Å². The van der Waals surface area contributed by atoms with Gasteiger partial charge in [-0.15, -0.1) is 0 Å². The molecule has 1 aliphatic carbocycles. The van der Waals surface area contributed by atoms with Crippen molar-refractivity contribution in [1.82, 2.24) is 4.98 Å². The molecule has 27 heavy (non-hydrogen) atoms. The van der Waals surface area contributed by atoms with Crippen LogP contribution in [0.1, 0.15) is 31.2 Å². The number of rotatable bonds is 2. The van der Waals surface area contributed by atoms with E-state index in [1.807, 2.05) is 49.4 Å². The molecule has 0 spiro atoms. The molecule has 3 aromatic rings. The van der Waals surface area contributed by atoms with E-state index in [0.717, 1.165) is 47.9 Å². The minimum Gasteiger partial charge on any atom is -0.436 e. The van der Waals surface area contributed by atoms with Gasteiger partial charge in [0.2, 0.25) is 17.7 Å². The first kappa shape index (κ1) is 16.2. The summed E-state index contributed by atoms with van der Waals surface area (Å²) in [7, 11) is 0. The smallest absolute Gasteiger partial charge is 0.237 e. The normalized spacial score (nSPS) is 22.5. The Balaban J connectivity index is 1.53. The van der Waals surface area contributed by atoms with Gasteiger partial charge in [0.05, 0.1) is 17.5 Å². The number of nitrogens with zero attached hydrogens (tertiary/aromatic N) is 2. The number of fused-ring (bicyclic) bond motifs is 2. The Bertz CT molecular complexity index is 1040. The summed E-state index contributed by atoms with van der Waals surface area (Å²) in [6, 6.07) is 13.2. The number of amides is 2. The van der Waals surface area contributed by atoms with Crippen LogP contribution in [0.2, 0.25) is 0 Å². The Morgan fingerprint density at radius 3 is 2.48 bits per heavy atom. The van der Waals surface area contributed by atoms with Crippen LogP contribution in [0.5, 0.6) is 0 Å². The molecular weight excluding hydrogens is 340 g/mol. The third kappa shape index (κ3) is 2.57.